The Bertz CT molecular complexity index is 1040. The number of ether oxygens (including phenoxy) is 2. The maximum Gasteiger partial charge on any atom is 0.231 e. The van der Waals surface area contributed by atoms with Crippen LogP contribution in [0.15, 0.2) is 42.5 Å². The third-order valence-electron chi connectivity index (χ3n) is 4.61. The molecule has 1 aliphatic heterocycles. The second-order valence-electron chi connectivity index (χ2n) is 6.70. The summed E-state index contributed by atoms with van der Waals surface area (Å²) in [5.74, 6) is 1.40. The minimum Gasteiger partial charge on any atom is -0.454 e. The van der Waals surface area contributed by atoms with Crippen LogP contribution in [-0.2, 0) is 17.9 Å². The van der Waals surface area contributed by atoms with Crippen molar-refractivity contribution in [1.29, 1.82) is 0 Å². The van der Waals surface area contributed by atoms with Crippen LogP contribution in [0.4, 0.5) is 0 Å². The second kappa shape index (κ2) is 7.08. The number of fused-ring (bicyclic) bond motifs is 2. The van der Waals surface area contributed by atoms with Crippen LogP contribution in [0.1, 0.15) is 23.6 Å². The van der Waals surface area contributed by atoms with Crippen LogP contribution < -0.4 is 9.47 Å². The predicted molar refractivity (Wildman–Crippen MR) is 104 cm³/mol. The summed E-state index contributed by atoms with van der Waals surface area (Å²) in [7, 11) is 0. The fraction of sp³-hybridized carbons (Fsp3) is 0.238. The van der Waals surface area contributed by atoms with E-state index in [4.69, 9.17) is 21.1 Å². The molecular formula is C21H19ClN2O3. The molecule has 5 nitrogen and oxygen atoms in total. The van der Waals surface area contributed by atoms with Gasteiger partial charge in [0.1, 0.15) is 5.15 Å². The number of benzene rings is 2. The summed E-state index contributed by atoms with van der Waals surface area (Å²) in [5.41, 5.74) is 3.79. The van der Waals surface area contributed by atoms with Gasteiger partial charge in [0.25, 0.3) is 0 Å². The number of amides is 1. The highest BCUT2D eigenvalue weighted by Crippen LogP contribution is 2.33. The Kier molecular flexibility index (Phi) is 4.62. The maximum absolute atomic E-state index is 12.2. The van der Waals surface area contributed by atoms with Gasteiger partial charge in [0, 0.05) is 31.0 Å². The Balaban J connectivity index is 1.61. The van der Waals surface area contributed by atoms with Crippen LogP contribution in [0, 0.1) is 6.92 Å². The summed E-state index contributed by atoms with van der Waals surface area (Å²) in [6.07, 6.45) is 0. The number of hydrogen-bond donors (Lipinski definition) is 0. The first-order valence-corrected chi connectivity index (χ1v) is 9.07. The normalized spacial score (nSPS) is 12.4. The first-order chi connectivity index (χ1) is 13.0. The van der Waals surface area contributed by atoms with E-state index < -0.39 is 0 Å². The molecule has 0 saturated heterocycles. The molecule has 0 radical (unpaired) electrons. The first-order valence-electron chi connectivity index (χ1n) is 8.69. The quantitative estimate of drug-likeness (QED) is 0.624. The number of aryl methyl sites for hydroxylation is 1. The molecule has 1 aliphatic rings. The summed E-state index contributed by atoms with van der Waals surface area (Å²) in [6.45, 7) is 4.66. The Morgan fingerprint density at radius 2 is 1.93 bits per heavy atom. The van der Waals surface area contributed by atoms with Crippen molar-refractivity contribution >= 4 is 28.4 Å². The van der Waals surface area contributed by atoms with Gasteiger partial charge in [-0.1, -0.05) is 29.3 Å². The van der Waals surface area contributed by atoms with Crippen molar-refractivity contribution in [3.63, 3.8) is 0 Å². The zero-order valence-corrected chi connectivity index (χ0v) is 15.9. The number of rotatable bonds is 4. The van der Waals surface area contributed by atoms with Crippen molar-refractivity contribution < 1.29 is 14.3 Å². The fourth-order valence-electron chi connectivity index (χ4n) is 3.17. The minimum absolute atomic E-state index is 0.0342. The highest BCUT2D eigenvalue weighted by Gasteiger charge is 2.17. The Labute approximate surface area is 162 Å². The zero-order chi connectivity index (χ0) is 19.0. The van der Waals surface area contributed by atoms with E-state index in [0.717, 1.165) is 33.3 Å². The van der Waals surface area contributed by atoms with E-state index in [1.807, 2.05) is 43.3 Å². The first kappa shape index (κ1) is 17.6. The van der Waals surface area contributed by atoms with Gasteiger partial charge >= 0.3 is 0 Å². The fourth-order valence-corrected chi connectivity index (χ4v) is 3.38. The van der Waals surface area contributed by atoms with Crippen LogP contribution >= 0.6 is 11.6 Å². The molecule has 0 aliphatic carbocycles. The number of carbonyl (C=O) groups excluding carboxylic acids is 1. The van der Waals surface area contributed by atoms with Crippen LogP contribution in [0.3, 0.4) is 0 Å². The minimum atomic E-state index is -0.0342. The lowest BCUT2D eigenvalue weighted by Crippen LogP contribution is -2.27. The van der Waals surface area contributed by atoms with Crippen molar-refractivity contribution in [3.8, 4) is 11.5 Å². The largest absolute Gasteiger partial charge is 0.454 e. The lowest BCUT2D eigenvalue weighted by molar-refractivity contribution is -0.130. The molecule has 1 aromatic heterocycles. The van der Waals surface area contributed by atoms with Gasteiger partial charge in [-0.25, -0.2) is 4.98 Å². The number of nitrogens with zero attached hydrogens (tertiary/aromatic N) is 2. The molecule has 0 unspecified atom stereocenters. The number of carbonyl (C=O) groups is 1. The third-order valence-corrected chi connectivity index (χ3v) is 4.94. The van der Waals surface area contributed by atoms with E-state index in [0.29, 0.717) is 24.0 Å². The van der Waals surface area contributed by atoms with Crippen molar-refractivity contribution in [2.45, 2.75) is 26.9 Å². The standard InChI is InChI=1S/C21H19ClN2O3/c1-13-3-5-18-16(7-13)9-17(21(22)23-18)11-24(14(2)25)10-15-4-6-19-20(8-15)27-12-26-19/h3-9H,10-12H2,1-2H3. The van der Waals surface area contributed by atoms with Gasteiger partial charge in [-0.3, -0.25) is 4.79 Å². The van der Waals surface area contributed by atoms with Gasteiger partial charge < -0.3 is 14.4 Å². The number of hydrogen-bond acceptors (Lipinski definition) is 4. The van der Waals surface area contributed by atoms with Crippen LogP contribution in [0.5, 0.6) is 11.5 Å². The molecular weight excluding hydrogens is 364 g/mol. The molecule has 0 atom stereocenters. The molecule has 27 heavy (non-hydrogen) atoms. The van der Waals surface area contributed by atoms with Gasteiger partial charge in [0.05, 0.1) is 5.52 Å². The molecule has 0 fully saturated rings. The number of halogens is 1. The molecule has 0 spiro atoms. The Morgan fingerprint density at radius 1 is 1.11 bits per heavy atom. The summed E-state index contributed by atoms with van der Waals surface area (Å²) in [5, 5.41) is 1.43. The summed E-state index contributed by atoms with van der Waals surface area (Å²) in [4.78, 5) is 18.4. The molecule has 0 bridgehead atoms. The average Bonchev–Trinajstić information content (AvgIpc) is 3.09. The Hall–Kier alpha value is -2.79. The molecule has 0 saturated carbocycles. The summed E-state index contributed by atoms with van der Waals surface area (Å²) >= 11 is 6.39. The Morgan fingerprint density at radius 3 is 2.74 bits per heavy atom. The van der Waals surface area contributed by atoms with E-state index in [2.05, 4.69) is 11.1 Å². The molecule has 2 heterocycles. The SMILES string of the molecule is CC(=O)N(Cc1ccc2c(c1)OCO2)Cc1cc2cc(C)ccc2nc1Cl. The molecule has 4 rings (SSSR count). The van der Waals surface area contributed by atoms with E-state index in [1.54, 1.807) is 11.8 Å². The van der Waals surface area contributed by atoms with Crippen molar-refractivity contribution in [2.75, 3.05) is 6.79 Å². The molecule has 1 amide bonds. The molecule has 3 aromatic rings. The highest BCUT2D eigenvalue weighted by atomic mass is 35.5. The van der Waals surface area contributed by atoms with Crippen molar-refractivity contribution in [1.82, 2.24) is 9.88 Å². The van der Waals surface area contributed by atoms with Crippen LogP contribution in [0.25, 0.3) is 10.9 Å². The van der Waals surface area contributed by atoms with E-state index in [-0.39, 0.29) is 12.7 Å². The molecule has 138 valence electrons. The van der Waals surface area contributed by atoms with Gasteiger partial charge in [-0.2, -0.15) is 0 Å². The van der Waals surface area contributed by atoms with Gasteiger partial charge in [-0.05, 0) is 42.8 Å². The topological polar surface area (TPSA) is 51.7 Å². The molecule has 0 N–H and O–H groups in total. The van der Waals surface area contributed by atoms with Gasteiger partial charge in [-0.15, -0.1) is 0 Å². The summed E-state index contributed by atoms with van der Waals surface area (Å²) in [6, 6.07) is 13.7. The van der Waals surface area contributed by atoms with E-state index in [9.17, 15) is 4.79 Å². The van der Waals surface area contributed by atoms with E-state index >= 15 is 0 Å². The summed E-state index contributed by atoms with van der Waals surface area (Å²) < 4.78 is 10.8. The number of pyridine rings is 1. The highest BCUT2D eigenvalue weighted by molar-refractivity contribution is 6.30. The van der Waals surface area contributed by atoms with Crippen LogP contribution in [0.2, 0.25) is 5.15 Å². The zero-order valence-electron chi connectivity index (χ0n) is 15.2. The third kappa shape index (κ3) is 3.69. The molecule has 2 aromatic carbocycles. The molecule has 6 heteroatoms. The lowest BCUT2D eigenvalue weighted by Gasteiger charge is -2.22. The monoisotopic (exact) mass is 382 g/mol. The van der Waals surface area contributed by atoms with E-state index in [1.165, 1.54) is 0 Å². The van der Waals surface area contributed by atoms with Crippen LogP contribution in [-0.4, -0.2) is 22.6 Å². The predicted octanol–water partition coefficient (Wildman–Crippen LogP) is 4.47. The smallest absolute Gasteiger partial charge is 0.231 e. The number of aromatic nitrogens is 1. The average molecular weight is 383 g/mol. The van der Waals surface area contributed by atoms with Gasteiger partial charge in [0.2, 0.25) is 12.7 Å². The van der Waals surface area contributed by atoms with Crippen molar-refractivity contribution in [2.24, 2.45) is 0 Å². The lowest BCUT2D eigenvalue weighted by atomic mass is 10.1. The van der Waals surface area contributed by atoms with Gasteiger partial charge in [0.15, 0.2) is 11.5 Å². The van der Waals surface area contributed by atoms with Crippen molar-refractivity contribution in [3.05, 3.63) is 64.3 Å². The second-order valence-corrected chi connectivity index (χ2v) is 7.06. The maximum atomic E-state index is 12.2.